The smallest absolute Gasteiger partial charge is 0.274 e. The summed E-state index contributed by atoms with van der Waals surface area (Å²) in [6.07, 6.45) is 2.39. The van der Waals surface area contributed by atoms with Crippen LogP contribution in [-0.4, -0.2) is 17.5 Å². The number of carbonyl (C=O) groups excluding carboxylic acids is 1. The number of nitrogens with one attached hydrogen (secondary N) is 1. The second kappa shape index (κ2) is 6.56. The van der Waals surface area contributed by atoms with E-state index in [9.17, 15) is 4.79 Å². The Hall–Kier alpha value is -2.56. The number of nitrogens with two attached hydrogens (primary N) is 1. The molecule has 5 heteroatoms. The van der Waals surface area contributed by atoms with E-state index in [2.05, 4.69) is 10.3 Å². The van der Waals surface area contributed by atoms with Crippen molar-refractivity contribution >= 4 is 17.3 Å². The van der Waals surface area contributed by atoms with E-state index in [1.54, 1.807) is 24.3 Å². The Bertz CT molecular complexity index is 582. The summed E-state index contributed by atoms with van der Waals surface area (Å²) >= 11 is 0. The fourth-order valence-electron chi connectivity index (χ4n) is 1.62. The number of hydrogen-bond donors (Lipinski definition) is 2. The number of amides is 1. The lowest BCUT2D eigenvalue weighted by Crippen LogP contribution is -2.13. The van der Waals surface area contributed by atoms with Gasteiger partial charge in [-0.2, -0.15) is 0 Å². The molecule has 0 bridgehead atoms. The average Bonchev–Trinajstić information content (AvgIpc) is 2.46. The third kappa shape index (κ3) is 3.71. The first-order valence-electron chi connectivity index (χ1n) is 6.45. The summed E-state index contributed by atoms with van der Waals surface area (Å²) in [4.78, 5) is 16.0. The molecule has 0 unspecified atom stereocenters. The minimum atomic E-state index is -0.280. The van der Waals surface area contributed by atoms with E-state index < -0.39 is 0 Å². The second-order valence-electron chi connectivity index (χ2n) is 4.31. The molecule has 0 aliphatic rings. The zero-order chi connectivity index (χ0) is 14.4. The van der Waals surface area contributed by atoms with E-state index in [0.717, 1.165) is 12.2 Å². The van der Waals surface area contributed by atoms with E-state index in [1.807, 2.05) is 19.1 Å². The van der Waals surface area contributed by atoms with E-state index in [-0.39, 0.29) is 5.91 Å². The fourth-order valence-corrected chi connectivity index (χ4v) is 1.62. The molecule has 5 nitrogen and oxygen atoms in total. The van der Waals surface area contributed by atoms with Crippen LogP contribution in [0.2, 0.25) is 0 Å². The van der Waals surface area contributed by atoms with Crippen LogP contribution in [0.1, 0.15) is 23.8 Å². The molecular weight excluding hydrogens is 254 g/mol. The van der Waals surface area contributed by atoms with Crippen molar-refractivity contribution in [2.24, 2.45) is 0 Å². The number of rotatable bonds is 5. The molecule has 0 radical (unpaired) electrons. The Balaban J connectivity index is 2.05. The molecule has 2 rings (SSSR count). The van der Waals surface area contributed by atoms with Crippen LogP contribution in [0.25, 0.3) is 0 Å². The van der Waals surface area contributed by atoms with Crippen molar-refractivity contribution in [2.45, 2.75) is 13.3 Å². The van der Waals surface area contributed by atoms with Crippen LogP contribution in [0.5, 0.6) is 5.75 Å². The maximum absolute atomic E-state index is 12.0. The summed E-state index contributed by atoms with van der Waals surface area (Å²) in [6.45, 7) is 2.69. The highest BCUT2D eigenvalue weighted by atomic mass is 16.5. The van der Waals surface area contributed by atoms with E-state index >= 15 is 0 Å². The maximum Gasteiger partial charge on any atom is 0.274 e. The number of nitrogens with zero attached hydrogens (tertiary/aromatic N) is 1. The van der Waals surface area contributed by atoms with Gasteiger partial charge in [0.25, 0.3) is 5.91 Å². The van der Waals surface area contributed by atoms with Gasteiger partial charge in [0.1, 0.15) is 11.4 Å². The maximum atomic E-state index is 12.0. The average molecular weight is 271 g/mol. The largest absolute Gasteiger partial charge is 0.494 e. The molecule has 0 aliphatic heterocycles. The van der Waals surface area contributed by atoms with Crippen LogP contribution < -0.4 is 15.8 Å². The molecule has 20 heavy (non-hydrogen) atoms. The molecule has 3 N–H and O–H groups in total. The van der Waals surface area contributed by atoms with Crippen molar-refractivity contribution in [1.29, 1.82) is 0 Å². The molecule has 0 atom stereocenters. The molecular formula is C15H17N3O2. The van der Waals surface area contributed by atoms with E-state index in [4.69, 9.17) is 10.5 Å². The predicted molar refractivity (Wildman–Crippen MR) is 78.8 cm³/mol. The van der Waals surface area contributed by atoms with Crippen molar-refractivity contribution in [2.75, 3.05) is 17.7 Å². The molecule has 0 saturated heterocycles. The highest BCUT2D eigenvalue weighted by Crippen LogP contribution is 2.18. The van der Waals surface area contributed by atoms with Crippen LogP contribution in [-0.2, 0) is 0 Å². The van der Waals surface area contributed by atoms with Crippen LogP contribution in [0.15, 0.2) is 42.6 Å². The number of benzene rings is 1. The quantitative estimate of drug-likeness (QED) is 0.876. The molecule has 2 aromatic rings. The Morgan fingerprint density at radius 3 is 2.90 bits per heavy atom. The van der Waals surface area contributed by atoms with Crippen LogP contribution in [0.4, 0.5) is 11.4 Å². The van der Waals surface area contributed by atoms with Gasteiger partial charge in [-0.05, 0) is 30.7 Å². The van der Waals surface area contributed by atoms with Gasteiger partial charge in [-0.15, -0.1) is 0 Å². The monoisotopic (exact) mass is 271 g/mol. The minimum absolute atomic E-state index is 0.280. The molecule has 0 aliphatic carbocycles. The first-order valence-corrected chi connectivity index (χ1v) is 6.45. The number of ether oxygens (including phenoxy) is 1. The predicted octanol–water partition coefficient (Wildman–Crippen LogP) is 2.70. The topological polar surface area (TPSA) is 77.2 Å². The number of carbonyl (C=O) groups is 1. The lowest BCUT2D eigenvalue weighted by atomic mass is 10.2. The summed E-state index contributed by atoms with van der Waals surface area (Å²) in [7, 11) is 0. The molecule has 1 heterocycles. The third-order valence-corrected chi connectivity index (χ3v) is 2.58. The second-order valence-corrected chi connectivity index (χ2v) is 4.31. The Labute approximate surface area is 117 Å². The summed E-state index contributed by atoms with van der Waals surface area (Å²) in [6, 6.07) is 10.5. The van der Waals surface area contributed by atoms with Crippen molar-refractivity contribution in [3.8, 4) is 5.75 Å². The molecule has 1 amide bonds. The van der Waals surface area contributed by atoms with Crippen LogP contribution >= 0.6 is 0 Å². The number of hydrogen-bond acceptors (Lipinski definition) is 4. The van der Waals surface area contributed by atoms with Gasteiger partial charge >= 0.3 is 0 Å². The minimum Gasteiger partial charge on any atom is -0.494 e. The first-order chi connectivity index (χ1) is 9.69. The third-order valence-electron chi connectivity index (χ3n) is 2.58. The van der Waals surface area contributed by atoms with Gasteiger partial charge in [-0.25, -0.2) is 4.98 Å². The van der Waals surface area contributed by atoms with Crippen molar-refractivity contribution < 1.29 is 9.53 Å². The van der Waals surface area contributed by atoms with E-state index in [0.29, 0.717) is 23.7 Å². The van der Waals surface area contributed by atoms with Gasteiger partial charge in [0.15, 0.2) is 0 Å². The van der Waals surface area contributed by atoms with Gasteiger partial charge in [0, 0.05) is 11.8 Å². The molecule has 0 spiro atoms. The SMILES string of the molecule is CCCOc1cccc(NC(=O)c2ccc(N)cn2)c1. The van der Waals surface area contributed by atoms with Gasteiger partial charge in [0.2, 0.25) is 0 Å². The number of aromatic nitrogens is 1. The fraction of sp³-hybridized carbons (Fsp3) is 0.200. The van der Waals surface area contributed by atoms with Gasteiger partial charge < -0.3 is 15.8 Å². The molecule has 0 saturated carbocycles. The van der Waals surface area contributed by atoms with Crippen LogP contribution in [0, 0.1) is 0 Å². The van der Waals surface area contributed by atoms with Gasteiger partial charge in [-0.3, -0.25) is 4.79 Å². The highest BCUT2D eigenvalue weighted by Gasteiger charge is 2.07. The highest BCUT2D eigenvalue weighted by molar-refractivity contribution is 6.03. The van der Waals surface area contributed by atoms with Gasteiger partial charge in [-0.1, -0.05) is 13.0 Å². The summed E-state index contributed by atoms with van der Waals surface area (Å²) < 4.78 is 5.52. The summed E-state index contributed by atoms with van der Waals surface area (Å²) in [5, 5.41) is 2.77. The lowest BCUT2D eigenvalue weighted by Gasteiger charge is -2.08. The lowest BCUT2D eigenvalue weighted by molar-refractivity contribution is 0.102. The Kier molecular flexibility index (Phi) is 4.55. The molecule has 104 valence electrons. The number of pyridine rings is 1. The normalized spacial score (nSPS) is 10.1. The van der Waals surface area contributed by atoms with Crippen LogP contribution in [0.3, 0.4) is 0 Å². The number of nitrogen functional groups attached to an aromatic ring is 1. The molecule has 1 aromatic heterocycles. The zero-order valence-electron chi connectivity index (χ0n) is 11.3. The van der Waals surface area contributed by atoms with Crippen molar-refractivity contribution in [3.63, 3.8) is 0 Å². The van der Waals surface area contributed by atoms with E-state index in [1.165, 1.54) is 6.20 Å². The van der Waals surface area contributed by atoms with Crippen molar-refractivity contribution in [3.05, 3.63) is 48.3 Å². The zero-order valence-corrected chi connectivity index (χ0v) is 11.3. The number of anilines is 2. The van der Waals surface area contributed by atoms with Gasteiger partial charge in [0.05, 0.1) is 18.5 Å². The summed E-state index contributed by atoms with van der Waals surface area (Å²) in [5.41, 5.74) is 7.05. The molecule has 0 fully saturated rings. The standard InChI is InChI=1S/C15H17N3O2/c1-2-8-20-13-5-3-4-12(9-13)18-15(19)14-7-6-11(16)10-17-14/h3-7,9-10H,2,8,16H2,1H3,(H,18,19). The summed E-state index contributed by atoms with van der Waals surface area (Å²) in [5.74, 6) is 0.451. The first kappa shape index (κ1) is 13.9. The Morgan fingerprint density at radius 2 is 2.20 bits per heavy atom. The van der Waals surface area contributed by atoms with Crippen molar-refractivity contribution in [1.82, 2.24) is 4.98 Å². The molecule has 1 aromatic carbocycles. The Morgan fingerprint density at radius 1 is 1.35 bits per heavy atom.